The number of carbonyl (C=O) groups is 1. The number of hydrogen-bond donors (Lipinski definition) is 1. The van der Waals surface area contributed by atoms with E-state index in [-0.39, 0.29) is 5.91 Å². The summed E-state index contributed by atoms with van der Waals surface area (Å²) >= 11 is 0. The second-order valence-corrected chi connectivity index (χ2v) is 6.44. The largest absolute Gasteiger partial charge is 0.346 e. The van der Waals surface area contributed by atoms with E-state index < -0.39 is 0 Å². The van der Waals surface area contributed by atoms with E-state index in [1.165, 1.54) is 12.8 Å². The van der Waals surface area contributed by atoms with Crippen LogP contribution in [0.1, 0.15) is 34.6 Å². The molecule has 4 rings (SSSR count). The summed E-state index contributed by atoms with van der Waals surface area (Å²) in [6, 6.07) is 9.69. The summed E-state index contributed by atoms with van der Waals surface area (Å²) in [5.41, 5.74) is 3.42. The Morgan fingerprint density at radius 3 is 2.84 bits per heavy atom. The molecule has 0 saturated carbocycles. The van der Waals surface area contributed by atoms with Gasteiger partial charge in [-0.25, -0.2) is 9.97 Å². The van der Waals surface area contributed by atoms with Gasteiger partial charge >= 0.3 is 0 Å². The first-order valence-electron chi connectivity index (χ1n) is 8.63. The second kappa shape index (κ2) is 6.55. The Kier molecular flexibility index (Phi) is 4.09. The Morgan fingerprint density at radius 1 is 1.20 bits per heavy atom. The smallest absolute Gasteiger partial charge is 0.253 e. The van der Waals surface area contributed by atoms with E-state index in [0.29, 0.717) is 12.1 Å². The van der Waals surface area contributed by atoms with Crippen molar-refractivity contribution in [3.8, 4) is 0 Å². The van der Waals surface area contributed by atoms with Crippen molar-refractivity contribution >= 4 is 17.4 Å². The lowest BCUT2D eigenvalue weighted by molar-refractivity contribution is 0.0950. The van der Waals surface area contributed by atoms with Crippen molar-refractivity contribution in [2.75, 3.05) is 18.0 Å². The van der Waals surface area contributed by atoms with Gasteiger partial charge in [0.15, 0.2) is 0 Å². The monoisotopic (exact) mass is 335 g/mol. The van der Waals surface area contributed by atoms with Crippen LogP contribution >= 0.6 is 0 Å². The molecule has 1 N–H and O–H groups in total. The third kappa shape index (κ3) is 3.33. The van der Waals surface area contributed by atoms with E-state index in [0.717, 1.165) is 35.9 Å². The molecule has 1 fully saturated rings. The average molecular weight is 335 g/mol. The molecular weight excluding hydrogens is 314 g/mol. The first-order chi connectivity index (χ1) is 12.2. The highest BCUT2D eigenvalue weighted by atomic mass is 16.1. The summed E-state index contributed by atoms with van der Waals surface area (Å²) in [7, 11) is 0. The minimum atomic E-state index is -0.0947. The zero-order valence-electron chi connectivity index (χ0n) is 14.3. The predicted octanol–water partition coefficient (Wildman–Crippen LogP) is 2.57. The van der Waals surface area contributed by atoms with E-state index in [9.17, 15) is 4.79 Å². The number of aryl methyl sites for hydroxylation is 1. The van der Waals surface area contributed by atoms with Gasteiger partial charge in [-0.05, 0) is 44.0 Å². The van der Waals surface area contributed by atoms with Crippen molar-refractivity contribution in [3.63, 3.8) is 0 Å². The average Bonchev–Trinajstić information content (AvgIpc) is 3.28. The molecule has 1 saturated heterocycles. The fourth-order valence-corrected chi connectivity index (χ4v) is 3.22. The van der Waals surface area contributed by atoms with Gasteiger partial charge in [0.05, 0.1) is 17.8 Å². The molecular formula is C19H21N5O. The molecule has 1 amide bonds. The Balaban J connectivity index is 1.47. The minimum Gasteiger partial charge on any atom is -0.346 e. The number of aromatic nitrogens is 3. The summed E-state index contributed by atoms with van der Waals surface area (Å²) in [4.78, 5) is 23.8. The number of amides is 1. The van der Waals surface area contributed by atoms with Crippen LogP contribution in [-0.4, -0.2) is 33.4 Å². The van der Waals surface area contributed by atoms with Crippen LogP contribution in [-0.2, 0) is 6.54 Å². The Morgan fingerprint density at radius 2 is 2.04 bits per heavy atom. The minimum absolute atomic E-state index is 0.0947. The van der Waals surface area contributed by atoms with Crippen molar-refractivity contribution < 1.29 is 4.79 Å². The highest BCUT2D eigenvalue weighted by molar-refractivity contribution is 5.95. The summed E-state index contributed by atoms with van der Waals surface area (Å²) in [5.74, 6) is 0.680. The van der Waals surface area contributed by atoms with Crippen molar-refractivity contribution in [1.82, 2.24) is 19.7 Å². The van der Waals surface area contributed by atoms with Crippen LogP contribution in [0.4, 0.5) is 5.95 Å². The third-order valence-electron chi connectivity index (χ3n) is 4.48. The quantitative estimate of drug-likeness (QED) is 0.796. The fourth-order valence-electron chi connectivity index (χ4n) is 3.22. The Labute approximate surface area is 146 Å². The topological polar surface area (TPSA) is 62.5 Å². The van der Waals surface area contributed by atoms with Crippen LogP contribution in [0.2, 0.25) is 0 Å². The van der Waals surface area contributed by atoms with Gasteiger partial charge in [0.1, 0.15) is 0 Å². The molecule has 0 aromatic carbocycles. The normalized spacial score (nSPS) is 14.2. The SMILES string of the molecule is Cc1cc(CNC(=O)c2cc3ccccn3c2)nc(N2CCCC2)n1. The molecule has 3 aromatic rings. The van der Waals surface area contributed by atoms with Crippen LogP contribution < -0.4 is 10.2 Å². The van der Waals surface area contributed by atoms with E-state index in [2.05, 4.69) is 20.2 Å². The van der Waals surface area contributed by atoms with Crippen molar-refractivity contribution in [2.24, 2.45) is 0 Å². The maximum absolute atomic E-state index is 12.4. The number of rotatable bonds is 4. The van der Waals surface area contributed by atoms with Crippen LogP contribution in [0.3, 0.4) is 0 Å². The van der Waals surface area contributed by atoms with E-state index in [1.54, 1.807) is 0 Å². The zero-order chi connectivity index (χ0) is 17.2. The number of fused-ring (bicyclic) bond motifs is 1. The lowest BCUT2D eigenvalue weighted by Gasteiger charge is -2.16. The summed E-state index contributed by atoms with van der Waals surface area (Å²) in [6.45, 7) is 4.38. The first kappa shape index (κ1) is 15.6. The number of pyridine rings is 1. The van der Waals surface area contributed by atoms with Crippen LogP contribution in [0.5, 0.6) is 0 Å². The van der Waals surface area contributed by atoms with Crippen LogP contribution in [0.25, 0.3) is 5.52 Å². The molecule has 0 spiro atoms. The highest BCUT2D eigenvalue weighted by Crippen LogP contribution is 2.17. The van der Waals surface area contributed by atoms with Crippen molar-refractivity contribution in [1.29, 1.82) is 0 Å². The first-order valence-corrected chi connectivity index (χ1v) is 8.63. The van der Waals surface area contributed by atoms with E-state index >= 15 is 0 Å². The molecule has 3 aromatic heterocycles. The maximum Gasteiger partial charge on any atom is 0.253 e. The molecule has 0 aliphatic carbocycles. The van der Waals surface area contributed by atoms with Gasteiger partial charge in [-0.15, -0.1) is 0 Å². The molecule has 4 heterocycles. The number of nitrogens with zero attached hydrogens (tertiary/aromatic N) is 4. The molecule has 1 aliphatic heterocycles. The number of anilines is 1. The van der Waals surface area contributed by atoms with E-state index in [1.807, 2.05) is 54.0 Å². The Hall–Kier alpha value is -2.89. The van der Waals surface area contributed by atoms with Gasteiger partial charge in [-0.2, -0.15) is 0 Å². The van der Waals surface area contributed by atoms with Crippen molar-refractivity contribution in [3.05, 3.63) is 59.7 Å². The van der Waals surface area contributed by atoms with Gasteiger partial charge in [0.25, 0.3) is 5.91 Å². The predicted molar refractivity (Wildman–Crippen MR) is 96.8 cm³/mol. The van der Waals surface area contributed by atoms with Gasteiger partial charge in [0, 0.05) is 36.7 Å². The van der Waals surface area contributed by atoms with Gasteiger partial charge in [0.2, 0.25) is 5.95 Å². The lowest BCUT2D eigenvalue weighted by atomic mass is 10.3. The van der Waals surface area contributed by atoms with E-state index in [4.69, 9.17) is 0 Å². The molecule has 25 heavy (non-hydrogen) atoms. The zero-order valence-corrected chi connectivity index (χ0v) is 14.3. The third-order valence-corrected chi connectivity index (χ3v) is 4.48. The fraction of sp³-hybridized carbons (Fsp3) is 0.316. The highest BCUT2D eigenvalue weighted by Gasteiger charge is 2.16. The molecule has 0 atom stereocenters. The molecule has 0 radical (unpaired) electrons. The lowest BCUT2D eigenvalue weighted by Crippen LogP contribution is -2.25. The van der Waals surface area contributed by atoms with Gasteiger partial charge in [-0.3, -0.25) is 4.79 Å². The molecule has 128 valence electrons. The van der Waals surface area contributed by atoms with Crippen LogP contribution in [0, 0.1) is 6.92 Å². The van der Waals surface area contributed by atoms with Gasteiger partial charge in [-0.1, -0.05) is 6.07 Å². The number of carbonyl (C=O) groups excluding carboxylic acids is 1. The summed E-state index contributed by atoms with van der Waals surface area (Å²) in [6.07, 6.45) is 6.14. The molecule has 0 unspecified atom stereocenters. The number of nitrogens with one attached hydrogen (secondary N) is 1. The molecule has 1 aliphatic rings. The molecule has 6 nitrogen and oxygen atoms in total. The standard InChI is InChI=1S/C19H21N5O/c1-14-10-16(22-19(21-14)23-7-4-5-8-23)12-20-18(25)15-11-17-6-2-3-9-24(17)13-15/h2-3,6,9-11,13H,4-5,7-8,12H2,1H3,(H,20,25). The molecule has 6 heteroatoms. The Bertz CT molecular complexity index is 878. The maximum atomic E-state index is 12.4. The van der Waals surface area contributed by atoms with Crippen molar-refractivity contribution in [2.45, 2.75) is 26.3 Å². The second-order valence-electron chi connectivity index (χ2n) is 6.44. The van der Waals surface area contributed by atoms with Gasteiger partial charge < -0.3 is 14.6 Å². The number of hydrogen-bond acceptors (Lipinski definition) is 4. The summed E-state index contributed by atoms with van der Waals surface area (Å²) in [5, 5.41) is 2.96. The van der Waals surface area contributed by atoms with Crippen LogP contribution in [0.15, 0.2) is 42.7 Å². The molecule has 0 bridgehead atoms. The summed E-state index contributed by atoms with van der Waals surface area (Å²) < 4.78 is 1.94.